The smallest absolute Gasteiger partial charge is 0.420 e. The van der Waals surface area contributed by atoms with Crippen molar-refractivity contribution >= 4 is 33.8 Å². The van der Waals surface area contributed by atoms with Gasteiger partial charge < -0.3 is 10.1 Å². The Morgan fingerprint density at radius 3 is 2.74 bits per heavy atom. The predicted octanol–water partition coefficient (Wildman–Crippen LogP) is 5.37. The van der Waals surface area contributed by atoms with E-state index in [0.29, 0.717) is 28.7 Å². The zero-order chi connectivity index (χ0) is 24.0. The van der Waals surface area contributed by atoms with Crippen molar-refractivity contribution in [1.29, 1.82) is 0 Å². The molecule has 0 saturated heterocycles. The molecule has 11 heteroatoms. The van der Waals surface area contributed by atoms with Gasteiger partial charge in [-0.1, -0.05) is 24.3 Å². The van der Waals surface area contributed by atoms with E-state index in [2.05, 4.69) is 26.3 Å². The summed E-state index contributed by atoms with van der Waals surface area (Å²) < 4.78 is 59.6. The van der Waals surface area contributed by atoms with Crippen molar-refractivity contribution in [3.63, 3.8) is 0 Å². The molecule has 180 valence electrons. The molecule has 0 fully saturated rings. The SMILES string of the molecule is CCc1cc2c(cc1Nc1ncc(C(F)(F)F)c(-c3cc4c(s3)OCCCS4=O)n1)CN(C)C2. The number of thiophene rings is 1. The van der Waals surface area contributed by atoms with Gasteiger partial charge in [0.2, 0.25) is 5.95 Å². The Hall–Kier alpha value is -2.50. The van der Waals surface area contributed by atoms with Crippen LogP contribution in [0.3, 0.4) is 0 Å². The first-order chi connectivity index (χ1) is 16.2. The summed E-state index contributed by atoms with van der Waals surface area (Å²) in [6.07, 6.45) is -2.44. The van der Waals surface area contributed by atoms with Crippen molar-refractivity contribution < 1.29 is 22.1 Å². The molecule has 0 radical (unpaired) electrons. The Balaban J connectivity index is 1.56. The number of aromatic nitrogens is 2. The zero-order valence-corrected chi connectivity index (χ0v) is 20.3. The van der Waals surface area contributed by atoms with E-state index < -0.39 is 22.5 Å². The Bertz CT molecular complexity index is 1280. The van der Waals surface area contributed by atoms with Gasteiger partial charge in [0.25, 0.3) is 0 Å². The molecule has 2 aromatic heterocycles. The maximum atomic E-state index is 13.8. The fourth-order valence-electron chi connectivity index (χ4n) is 4.24. The lowest BCUT2D eigenvalue weighted by atomic mass is 10.0. The second-order valence-electron chi connectivity index (χ2n) is 8.40. The van der Waals surface area contributed by atoms with Gasteiger partial charge in [-0.05, 0) is 48.7 Å². The Morgan fingerprint density at radius 1 is 1.24 bits per heavy atom. The highest BCUT2D eigenvalue weighted by atomic mass is 32.2. The molecule has 1 unspecified atom stereocenters. The first-order valence-corrected chi connectivity index (χ1v) is 13.1. The van der Waals surface area contributed by atoms with Crippen LogP contribution >= 0.6 is 11.3 Å². The van der Waals surface area contributed by atoms with Gasteiger partial charge in [-0.15, -0.1) is 0 Å². The predicted molar refractivity (Wildman–Crippen MR) is 126 cm³/mol. The number of hydrogen-bond donors (Lipinski definition) is 1. The number of anilines is 2. The van der Waals surface area contributed by atoms with Crippen molar-refractivity contribution in [3.05, 3.63) is 46.6 Å². The minimum atomic E-state index is -4.64. The number of fused-ring (bicyclic) bond motifs is 2. The lowest BCUT2D eigenvalue weighted by Crippen LogP contribution is -2.11. The molecule has 0 saturated carbocycles. The van der Waals surface area contributed by atoms with Crippen LogP contribution in [-0.4, -0.2) is 38.5 Å². The third-order valence-electron chi connectivity index (χ3n) is 5.88. The van der Waals surface area contributed by atoms with Gasteiger partial charge in [-0.25, -0.2) is 9.97 Å². The van der Waals surface area contributed by atoms with E-state index >= 15 is 0 Å². The number of alkyl halides is 3. The Morgan fingerprint density at radius 2 is 2.00 bits per heavy atom. The van der Waals surface area contributed by atoms with Crippen LogP contribution in [0.1, 0.15) is 35.6 Å². The maximum Gasteiger partial charge on any atom is 0.420 e. The summed E-state index contributed by atoms with van der Waals surface area (Å²) in [5.74, 6) is 0.494. The van der Waals surface area contributed by atoms with E-state index in [1.807, 2.05) is 20.0 Å². The van der Waals surface area contributed by atoms with Gasteiger partial charge in [-0.2, -0.15) is 13.2 Å². The third-order valence-corrected chi connectivity index (χ3v) is 8.52. The number of halogens is 3. The molecule has 0 amide bonds. The summed E-state index contributed by atoms with van der Waals surface area (Å²) in [7, 11) is 0.729. The van der Waals surface area contributed by atoms with Crippen LogP contribution < -0.4 is 10.1 Å². The molecule has 34 heavy (non-hydrogen) atoms. The zero-order valence-electron chi connectivity index (χ0n) is 18.7. The van der Waals surface area contributed by atoms with Crippen molar-refractivity contribution in [2.75, 3.05) is 24.7 Å². The minimum Gasteiger partial charge on any atom is -0.483 e. The van der Waals surface area contributed by atoms with Crippen LogP contribution in [0.4, 0.5) is 24.8 Å². The molecule has 2 aliphatic heterocycles. The maximum absolute atomic E-state index is 13.8. The normalized spacial score (nSPS) is 18.2. The van der Waals surface area contributed by atoms with E-state index in [0.717, 1.165) is 48.3 Å². The number of nitrogens with zero attached hydrogens (tertiary/aromatic N) is 3. The summed E-state index contributed by atoms with van der Waals surface area (Å²) in [6.45, 7) is 4.10. The molecule has 1 atom stereocenters. The van der Waals surface area contributed by atoms with Crippen molar-refractivity contribution in [3.8, 4) is 15.6 Å². The monoisotopic (exact) mass is 508 g/mol. The Kier molecular flexibility index (Phi) is 6.11. The topological polar surface area (TPSA) is 67.4 Å². The number of nitrogens with one attached hydrogen (secondary N) is 1. The standard InChI is InChI=1S/C23H23F3N4O2S2/c1-3-13-7-14-11-30(2)12-15(14)8-17(13)28-22-27-10-16(23(24,25)26)20(29-22)18-9-19-21(33-18)32-5-4-6-34(19)31/h7-10H,3-6,11-12H2,1-2H3,(H,27,28,29). The highest BCUT2D eigenvalue weighted by Gasteiger charge is 2.36. The molecular weight excluding hydrogens is 485 g/mol. The number of rotatable bonds is 4. The van der Waals surface area contributed by atoms with Crippen LogP contribution in [-0.2, 0) is 36.5 Å². The van der Waals surface area contributed by atoms with Crippen LogP contribution in [0.15, 0.2) is 29.3 Å². The van der Waals surface area contributed by atoms with Crippen molar-refractivity contribution in [2.45, 2.75) is 43.9 Å². The van der Waals surface area contributed by atoms with Gasteiger partial charge in [0, 0.05) is 30.7 Å². The van der Waals surface area contributed by atoms with Gasteiger partial charge >= 0.3 is 6.18 Å². The highest BCUT2D eigenvalue weighted by molar-refractivity contribution is 7.85. The summed E-state index contributed by atoms with van der Waals surface area (Å²) in [5.41, 5.74) is 3.08. The quantitative estimate of drug-likeness (QED) is 0.512. The molecule has 1 N–H and O–H groups in total. The van der Waals surface area contributed by atoms with E-state index in [-0.39, 0.29) is 16.5 Å². The largest absolute Gasteiger partial charge is 0.483 e. The molecular formula is C23H23F3N4O2S2. The summed E-state index contributed by atoms with van der Waals surface area (Å²) in [5, 5.41) is 3.53. The first-order valence-electron chi connectivity index (χ1n) is 10.9. The fraction of sp³-hybridized carbons (Fsp3) is 0.391. The highest BCUT2D eigenvalue weighted by Crippen LogP contribution is 2.44. The lowest BCUT2D eigenvalue weighted by Gasteiger charge is -2.15. The molecule has 6 nitrogen and oxygen atoms in total. The second-order valence-corrected chi connectivity index (χ2v) is 11.0. The average molecular weight is 509 g/mol. The molecule has 4 heterocycles. The van der Waals surface area contributed by atoms with Gasteiger partial charge in [0.15, 0.2) is 5.06 Å². The molecule has 0 bridgehead atoms. The van der Waals surface area contributed by atoms with Crippen LogP contribution in [0.2, 0.25) is 0 Å². The molecule has 2 aliphatic rings. The molecule has 0 spiro atoms. The average Bonchev–Trinajstić information content (AvgIpc) is 3.33. The van der Waals surface area contributed by atoms with Crippen molar-refractivity contribution in [2.24, 2.45) is 0 Å². The third kappa shape index (κ3) is 4.44. The van der Waals surface area contributed by atoms with E-state index in [9.17, 15) is 17.4 Å². The van der Waals surface area contributed by atoms with Gasteiger partial charge in [0.1, 0.15) is 5.56 Å². The van der Waals surface area contributed by atoms with E-state index in [4.69, 9.17) is 4.74 Å². The number of hydrogen-bond acceptors (Lipinski definition) is 7. The van der Waals surface area contributed by atoms with Crippen LogP contribution in [0.25, 0.3) is 10.6 Å². The number of benzene rings is 1. The van der Waals surface area contributed by atoms with E-state index in [1.54, 1.807) is 0 Å². The Labute approximate surface area is 201 Å². The number of ether oxygens (including phenoxy) is 1. The van der Waals surface area contributed by atoms with Gasteiger partial charge in [-0.3, -0.25) is 9.11 Å². The van der Waals surface area contributed by atoms with E-state index in [1.165, 1.54) is 17.2 Å². The molecule has 5 rings (SSSR count). The summed E-state index contributed by atoms with van der Waals surface area (Å²) in [6, 6.07) is 5.67. The molecule has 3 aromatic rings. The van der Waals surface area contributed by atoms with Gasteiger partial charge in [0.05, 0.1) is 32.9 Å². The second kappa shape index (κ2) is 8.94. The number of aryl methyl sites for hydroxylation is 1. The minimum absolute atomic E-state index is 0.0784. The van der Waals surface area contributed by atoms with Crippen LogP contribution in [0.5, 0.6) is 5.06 Å². The fourth-order valence-corrected chi connectivity index (χ4v) is 6.74. The molecule has 1 aromatic carbocycles. The lowest BCUT2D eigenvalue weighted by molar-refractivity contribution is -0.137. The van der Waals surface area contributed by atoms with Crippen LogP contribution in [0, 0.1) is 0 Å². The summed E-state index contributed by atoms with van der Waals surface area (Å²) in [4.78, 5) is 11.1. The summed E-state index contributed by atoms with van der Waals surface area (Å²) >= 11 is 1.04. The van der Waals surface area contributed by atoms with Crippen molar-refractivity contribution in [1.82, 2.24) is 14.9 Å². The first kappa shape index (κ1) is 23.3. The molecule has 0 aliphatic carbocycles.